The first-order valence-electron chi connectivity index (χ1n) is 15.8. The molecule has 0 spiro atoms. The molecule has 0 aliphatic rings. The molecule has 0 saturated carbocycles. The summed E-state index contributed by atoms with van der Waals surface area (Å²) in [5.41, 5.74) is 7.97. The first kappa shape index (κ1) is 34.1. The summed E-state index contributed by atoms with van der Waals surface area (Å²) in [7, 11) is 1.61. The molecule has 0 radical (unpaired) electrons. The third-order valence-corrected chi connectivity index (χ3v) is 7.92. The molecule has 9 heteroatoms. The molecule has 0 aromatic heterocycles. The summed E-state index contributed by atoms with van der Waals surface area (Å²) < 4.78 is 5.31. The Morgan fingerprint density at radius 1 is 0.870 bits per heavy atom. The summed E-state index contributed by atoms with van der Waals surface area (Å²) >= 11 is 0. The number of benzene rings is 4. The fraction of sp³-hybridized carbons (Fsp3) is 0.324. The zero-order valence-electron chi connectivity index (χ0n) is 26.8. The number of nitrogens with two attached hydrogens (primary N) is 1. The van der Waals surface area contributed by atoms with Gasteiger partial charge in [-0.1, -0.05) is 68.4 Å². The molecule has 46 heavy (non-hydrogen) atoms. The number of hydrogen-bond acceptors (Lipinski definition) is 6. The number of methoxy groups -OCH3 is 1. The van der Waals surface area contributed by atoms with Crippen LogP contribution < -0.4 is 21.1 Å². The van der Waals surface area contributed by atoms with Gasteiger partial charge in [0.1, 0.15) is 5.75 Å². The van der Waals surface area contributed by atoms with E-state index in [1.165, 1.54) is 18.2 Å². The van der Waals surface area contributed by atoms with Gasteiger partial charge in [-0.3, -0.25) is 14.4 Å². The highest BCUT2D eigenvalue weighted by atomic mass is 16.5. The van der Waals surface area contributed by atoms with Crippen molar-refractivity contribution in [3.63, 3.8) is 0 Å². The molecule has 0 heterocycles. The van der Waals surface area contributed by atoms with Gasteiger partial charge in [-0.15, -0.1) is 0 Å². The molecule has 0 bridgehead atoms. The lowest BCUT2D eigenvalue weighted by molar-refractivity contribution is 0.0755. The lowest BCUT2D eigenvalue weighted by Crippen LogP contribution is -2.48. The number of primary amides is 1. The molecular formula is C37H44N4O5. The molecule has 0 aliphatic heterocycles. The van der Waals surface area contributed by atoms with Crippen LogP contribution in [-0.2, 0) is 13.0 Å². The minimum Gasteiger partial charge on any atom is -0.497 e. The monoisotopic (exact) mass is 624 g/mol. The Kier molecular flexibility index (Phi) is 12.3. The molecule has 4 aromatic rings. The third-order valence-electron chi connectivity index (χ3n) is 7.92. The lowest BCUT2D eigenvalue weighted by atomic mass is 9.95. The zero-order chi connectivity index (χ0) is 33.1. The van der Waals surface area contributed by atoms with Gasteiger partial charge in [0.25, 0.3) is 11.8 Å². The molecule has 3 amide bonds. The average Bonchev–Trinajstić information content (AvgIpc) is 3.07. The summed E-state index contributed by atoms with van der Waals surface area (Å²) in [4.78, 5) is 41.2. The van der Waals surface area contributed by atoms with Crippen LogP contribution in [0.3, 0.4) is 0 Å². The van der Waals surface area contributed by atoms with E-state index in [0.717, 1.165) is 40.5 Å². The molecule has 2 unspecified atom stereocenters. The lowest BCUT2D eigenvalue weighted by Gasteiger charge is -2.26. The second kappa shape index (κ2) is 16.5. The first-order chi connectivity index (χ1) is 22.2. The Hall–Kier alpha value is -4.73. The van der Waals surface area contributed by atoms with Crippen molar-refractivity contribution >= 4 is 28.5 Å². The SMILES string of the molecule is CCCN(CCC)C(=O)c1cc(C(N)=O)cc(C(=O)NC(Cc2cccc3ccccc23)C(O)CNCc2cccc(OC)c2)c1. The minimum absolute atomic E-state index is 0.0649. The van der Waals surface area contributed by atoms with Crippen LogP contribution in [0.2, 0.25) is 0 Å². The minimum atomic E-state index is -0.974. The van der Waals surface area contributed by atoms with Gasteiger partial charge in [-0.05, 0) is 71.5 Å². The fourth-order valence-electron chi connectivity index (χ4n) is 5.59. The fourth-order valence-corrected chi connectivity index (χ4v) is 5.59. The summed E-state index contributed by atoms with van der Waals surface area (Å²) in [5.74, 6) is -0.790. The topological polar surface area (TPSA) is 134 Å². The van der Waals surface area contributed by atoms with E-state index in [1.807, 2.05) is 80.6 Å². The van der Waals surface area contributed by atoms with E-state index in [2.05, 4.69) is 10.6 Å². The number of aliphatic hydroxyl groups excluding tert-OH is 1. The number of carbonyl (C=O) groups is 3. The Bertz CT molecular complexity index is 1640. The third kappa shape index (κ3) is 8.93. The van der Waals surface area contributed by atoms with Crippen molar-refractivity contribution in [1.82, 2.24) is 15.5 Å². The number of hydrogen-bond donors (Lipinski definition) is 4. The number of nitrogens with zero attached hydrogens (tertiary/aromatic N) is 1. The molecule has 0 saturated heterocycles. The zero-order valence-corrected chi connectivity index (χ0v) is 26.8. The number of amides is 3. The molecule has 0 aliphatic carbocycles. The van der Waals surface area contributed by atoms with Crippen LogP contribution in [0.1, 0.15) is 68.9 Å². The van der Waals surface area contributed by atoms with Gasteiger partial charge in [0.2, 0.25) is 5.91 Å². The van der Waals surface area contributed by atoms with Crippen molar-refractivity contribution in [2.45, 2.75) is 51.8 Å². The number of rotatable bonds is 16. The number of nitrogens with one attached hydrogen (secondary N) is 2. The van der Waals surface area contributed by atoms with Crippen LogP contribution in [0.25, 0.3) is 10.8 Å². The average molecular weight is 625 g/mol. The summed E-state index contributed by atoms with van der Waals surface area (Å²) in [5, 5.41) is 19.8. The Morgan fingerprint density at radius 3 is 2.26 bits per heavy atom. The number of fused-ring (bicyclic) bond motifs is 1. The largest absolute Gasteiger partial charge is 0.497 e. The van der Waals surface area contributed by atoms with Crippen molar-refractivity contribution in [3.8, 4) is 5.75 Å². The second-order valence-corrected chi connectivity index (χ2v) is 11.4. The quantitative estimate of drug-likeness (QED) is 0.143. The van der Waals surface area contributed by atoms with Crippen LogP contribution in [0.4, 0.5) is 0 Å². The van der Waals surface area contributed by atoms with Crippen LogP contribution in [0.15, 0.2) is 84.9 Å². The maximum Gasteiger partial charge on any atom is 0.253 e. The number of aliphatic hydroxyl groups is 1. The van der Waals surface area contributed by atoms with Crippen molar-refractivity contribution in [2.24, 2.45) is 5.73 Å². The van der Waals surface area contributed by atoms with Crippen molar-refractivity contribution in [3.05, 3.63) is 113 Å². The van der Waals surface area contributed by atoms with E-state index >= 15 is 0 Å². The van der Waals surface area contributed by atoms with E-state index in [1.54, 1.807) is 12.0 Å². The molecule has 242 valence electrons. The Morgan fingerprint density at radius 2 is 1.54 bits per heavy atom. The Balaban J connectivity index is 1.61. The smallest absolute Gasteiger partial charge is 0.253 e. The molecular weight excluding hydrogens is 580 g/mol. The molecule has 2 atom stereocenters. The van der Waals surface area contributed by atoms with Gasteiger partial charge in [0.05, 0.1) is 19.3 Å². The molecule has 0 fully saturated rings. The van der Waals surface area contributed by atoms with E-state index < -0.39 is 24.0 Å². The van der Waals surface area contributed by atoms with Gasteiger partial charge >= 0.3 is 0 Å². The van der Waals surface area contributed by atoms with Crippen LogP contribution in [0.5, 0.6) is 5.75 Å². The normalized spacial score (nSPS) is 12.3. The van der Waals surface area contributed by atoms with E-state index in [9.17, 15) is 19.5 Å². The van der Waals surface area contributed by atoms with Gasteiger partial charge in [-0.2, -0.15) is 0 Å². The summed E-state index contributed by atoms with van der Waals surface area (Å²) in [6.45, 7) is 5.76. The number of ether oxygens (including phenoxy) is 1. The molecule has 4 rings (SSSR count). The maximum absolute atomic E-state index is 13.8. The molecule has 4 aromatic carbocycles. The van der Waals surface area contributed by atoms with Gasteiger partial charge in [0, 0.05) is 42.9 Å². The van der Waals surface area contributed by atoms with E-state index in [-0.39, 0.29) is 29.1 Å². The predicted octanol–water partition coefficient (Wildman–Crippen LogP) is 4.70. The van der Waals surface area contributed by atoms with E-state index in [4.69, 9.17) is 10.5 Å². The van der Waals surface area contributed by atoms with Gasteiger partial charge < -0.3 is 31.1 Å². The van der Waals surface area contributed by atoms with Crippen molar-refractivity contribution < 1.29 is 24.2 Å². The van der Waals surface area contributed by atoms with Gasteiger partial charge in [0.15, 0.2) is 0 Å². The predicted molar refractivity (Wildman–Crippen MR) is 181 cm³/mol. The van der Waals surface area contributed by atoms with Crippen LogP contribution in [0, 0.1) is 0 Å². The summed E-state index contributed by atoms with van der Waals surface area (Å²) in [6.07, 6.45) is 0.915. The van der Waals surface area contributed by atoms with E-state index in [0.29, 0.717) is 26.1 Å². The highest BCUT2D eigenvalue weighted by Crippen LogP contribution is 2.21. The standard InChI is InChI=1S/C37H44N4O5/c1-4-16-41(17-5-2)37(45)30-20-28(35(38)43)19-29(21-30)36(44)40-33(22-27-13-9-12-26-11-6-7-15-32(26)27)34(42)24-39-23-25-10-8-14-31(18-25)46-3/h6-15,18-21,33-34,39,42H,4-5,16-17,22-24H2,1-3H3,(H2,38,43)(H,40,44). The molecule has 5 N–H and O–H groups in total. The van der Waals surface area contributed by atoms with Crippen LogP contribution >= 0.6 is 0 Å². The van der Waals surface area contributed by atoms with Gasteiger partial charge in [-0.25, -0.2) is 0 Å². The van der Waals surface area contributed by atoms with Crippen molar-refractivity contribution in [1.29, 1.82) is 0 Å². The first-order valence-corrected chi connectivity index (χ1v) is 15.8. The number of carbonyl (C=O) groups excluding carboxylic acids is 3. The maximum atomic E-state index is 13.8. The molecule has 9 nitrogen and oxygen atoms in total. The van der Waals surface area contributed by atoms with Crippen molar-refractivity contribution in [2.75, 3.05) is 26.7 Å². The highest BCUT2D eigenvalue weighted by molar-refractivity contribution is 6.04. The highest BCUT2D eigenvalue weighted by Gasteiger charge is 2.25. The Labute approximate surface area is 270 Å². The summed E-state index contributed by atoms with van der Waals surface area (Å²) in [6, 6.07) is 25.2. The second-order valence-electron chi connectivity index (χ2n) is 11.4. The van der Waals surface area contributed by atoms with Crippen LogP contribution in [-0.4, -0.2) is 66.6 Å².